The Morgan fingerprint density at radius 2 is 1.77 bits per heavy atom. The molecular weight excluding hydrogens is 422 g/mol. The van der Waals surface area contributed by atoms with Crippen molar-refractivity contribution in [3.8, 4) is 11.5 Å². The van der Waals surface area contributed by atoms with Gasteiger partial charge in [0.05, 0.1) is 39.7 Å². The van der Waals surface area contributed by atoms with Crippen LogP contribution in [0.2, 0.25) is 0 Å². The van der Waals surface area contributed by atoms with E-state index in [1.807, 2.05) is 18.2 Å². The number of methoxy groups -OCH3 is 2. The number of nitrogens with zero attached hydrogens (tertiary/aromatic N) is 2. The standard InChI is InChI=1S/C21H33N3O6S/c1-28-19-5-4-17(14-20(19)29-2)18(23-10-12-30-13-11-23)15-22-21(25)16-6-8-24(9-7-16)31(3,26)27/h4-5,14,16,18H,6-13,15H2,1-3H3,(H,22,25). The van der Waals surface area contributed by atoms with Crippen LogP contribution in [0, 0.1) is 5.92 Å². The highest BCUT2D eigenvalue weighted by atomic mass is 32.2. The highest BCUT2D eigenvalue weighted by Crippen LogP contribution is 2.32. The van der Waals surface area contributed by atoms with Crippen molar-refractivity contribution in [1.29, 1.82) is 0 Å². The third kappa shape index (κ3) is 6.09. The highest BCUT2D eigenvalue weighted by Gasteiger charge is 2.30. The first-order valence-electron chi connectivity index (χ1n) is 10.6. The van der Waals surface area contributed by atoms with Crippen LogP contribution in [0.1, 0.15) is 24.4 Å². The van der Waals surface area contributed by atoms with Crippen LogP contribution in [0.15, 0.2) is 18.2 Å². The average molecular weight is 456 g/mol. The number of benzene rings is 1. The lowest BCUT2D eigenvalue weighted by Gasteiger charge is -2.36. The Kier molecular flexibility index (Phi) is 8.15. The van der Waals surface area contributed by atoms with Gasteiger partial charge < -0.3 is 19.5 Å². The molecule has 1 aromatic carbocycles. The zero-order chi connectivity index (χ0) is 22.4. The Balaban J connectivity index is 1.67. The summed E-state index contributed by atoms with van der Waals surface area (Å²) in [4.78, 5) is 15.1. The summed E-state index contributed by atoms with van der Waals surface area (Å²) >= 11 is 0. The van der Waals surface area contributed by atoms with Crippen molar-refractivity contribution in [2.45, 2.75) is 18.9 Å². The van der Waals surface area contributed by atoms with Crippen molar-refractivity contribution in [2.24, 2.45) is 5.92 Å². The minimum Gasteiger partial charge on any atom is -0.493 e. The second-order valence-corrected chi connectivity index (χ2v) is 9.94. The van der Waals surface area contributed by atoms with E-state index in [9.17, 15) is 13.2 Å². The average Bonchev–Trinajstić information content (AvgIpc) is 2.79. The van der Waals surface area contributed by atoms with Crippen LogP contribution in [0.25, 0.3) is 0 Å². The van der Waals surface area contributed by atoms with E-state index < -0.39 is 10.0 Å². The molecule has 0 bridgehead atoms. The first-order chi connectivity index (χ1) is 14.8. The van der Waals surface area contributed by atoms with Gasteiger partial charge in [-0.15, -0.1) is 0 Å². The number of carbonyl (C=O) groups is 1. The van der Waals surface area contributed by atoms with Crippen LogP contribution in [0.3, 0.4) is 0 Å². The van der Waals surface area contributed by atoms with Crippen molar-refractivity contribution in [2.75, 3.05) is 66.4 Å². The SMILES string of the molecule is COc1ccc(C(CNC(=O)C2CCN(S(C)(=O)=O)CC2)N2CCOCC2)cc1OC. The molecule has 9 nitrogen and oxygen atoms in total. The molecule has 2 saturated heterocycles. The molecule has 1 amide bonds. The van der Waals surface area contributed by atoms with Crippen LogP contribution in [-0.4, -0.2) is 89.9 Å². The van der Waals surface area contributed by atoms with E-state index in [0.717, 1.165) is 18.7 Å². The molecule has 1 N–H and O–H groups in total. The number of piperidine rings is 1. The van der Waals surface area contributed by atoms with Crippen LogP contribution < -0.4 is 14.8 Å². The summed E-state index contributed by atoms with van der Waals surface area (Å²) in [5.74, 6) is 1.12. The van der Waals surface area contributed by atoms with E-state index in [4.69, 9.17) is 14.2 Å². The minimum atomic E-state index is -3.20. The van der Waals surface area contributed by atoms with E-state index in [1.165, 1.54) is 10.6 Å². The molecule has 2 aliphatic rings. The summed E-state index contributed by atoms with van der Waals surface area (Å²) in [6.07, 6.45) is 2.29. The fraction of sp³-hybridized carbons (Fsp3) is 0.667. The Hall–Kier alpha value is -1.88. The smallest absolute Gasteiger partial charge is 0.223 e. The number of rotatable bonds is 8. The minimum absolute atomic E-state index is 0.0214. The predicted octanol–water partition coefficient (Wildman–Crippen LogP) is 0.865. The molecule has 0 radical (unpaired) electrons. The van der Waals surface area contributed by atoms with Crippen molar-refractivity contribution in [1.82, 2.24) is 14.5 Å². The van der Waals surface area contributed by atoms with Crippen LogP contribution in [-0.2, 0) is 19.6 Å². The highest BCUT2D eigenvalue weighted by molar-refractivity contribution is 7.88. The molecule has 174 valence electrons. The summed E-state index contributed by atoms with van der Waals surface area (Å²) in [5, 5.41) is 3.11. The van der Waals surface area contributed by atoms with Crippen LogP contribution in [0.5, 0.6) is 11.5 Å². The van der Waals surface area contributed by atoms with Crippen molar-refractivity contribution < 1.29 is 27.4 Å². The fourth-order valence-electron chi connectivity index (χ4n) is 4.20. The summed E-state index contributed by atoms with van der Waals surface area (Å²) in [6, 6.07) is 5.81. The second-order valence-electron chi connectivity index (χ2n) is 7.96. The van der Waals surface area contributed by atoms with Gasteiger partial charge in [-0.05, 0) is 30.5 Å². The maximum absolute atomic E-state index is 12.8. The van der Waals surface area contributed by atoms with Crippen molar-refractivity contribution in [3.05, 3.63) is 23.8 Å². The van der Waals surface area contributed by atoms with Gasteiger partial charge in [-0.3, -0.25) is 9.69 Å². The quantitative estimate of drug-likeness (QED) is 0.621. The molecule has 2 fully saturated rings. The van der Waals surface area contributed by atoms with E-state index in [1.54, 1.807) is 14.2 Å². The van der Waals surface area contributed by atoms with Gasteiger partial charge in [-0.25, -0.2) is 12.7 Å². The lowest BCUT2D eigenvalue weighted by atomic mass is 9.96. The second kappa shape index (κ2) is 10.6. The number of morpholine rings is 1. The van der Waals surface area contributed by atoms with Crippen molar-refractivity contribution >= 4 is 15.9 Å². The lowest BCUT2D eigenvalue weighted by molar-refractivity contribution is -0.126. The number of carbonyl (C=O) groups excluding carboxylic acids is 1. The third-order valence-electron chi connectivity index (χ3n) is 6.04. The molecule has 3 rings (SSSR count). The first kappa shape index (κ1) is 23.8. The number of ether oxygens (including phenoxy) is 3. The van der Waals surface area contributed by atoms with Gasteiger partial charge in [0.1, 0.15) is 0 Å². The maximum Gasteiger partial charge on any atom is 0.223 e. The monoisotopic (exact) mass is 455 g/mol. The van der Waals surface area contributed by atoms with Gasteiger partial charge in [0.25, 0.3) is 0 Å². The van der Waals surface area contributed by atoms with Gasteiger partial charge >= 0.3 is 0 Å². The number of amides is 1. The Morgan fingerprint density at radius 3 is 2.35 bits per heavy atom. The molecule has 0 saturated carbocycles. The Labute approximate surface area is 184 Å². The Bertz CT molecular complexity index is 849. The number of sulfonamides is 1. The number of hydrogen-bond acceptors (Lipinski definition) is 7. The zero-order valence-electron chi connectivity index (χ0n) is 18.5. The Morgan fingerprint density at radius 1 is 1.13 bits per heavy atom. The van der Waals surface area contributed by atoms with Crippen LogP contribution >= 0.6 is 0 Å². The summed E-state index contributed by atoms with van der Waals surface area (Å²) in [5.41, 5.74) is 1.03. The summed E-state index contributed by atoms with van der Waals surface area (Å²) < 4.78 is 41.2. The molecule has 10 heteroatoms. The molecule has 2 aliphatic heterocycles. The van der Waals surface area contributed by atoms with E-state index >= 15 is 0 Å². The molecule has 1 aromatic rings. The first-order valence-corrected chi connectivity index (χ1v) is 12.4. The fourth-order valence-corrected chi connectivity index (χ4v) is 5.07. The largest absolute Gasteiger partial charge is 0.493 e. The number of hydrogen-bond donors (Lipinski definition) is 1. The molecule has 0 spiro atoms. The third-order valence-corrected chi connectivity index (χ3v) is 7.35. The predicted molar refractivity (Wildman–Crippen MR) is 117 cm³/mol. The van der Waals surface area contributed by atoms with E-state index in [0.29, 0.717) is 57.2 Å². The molecule has 31 heavy (non-hydrogen) atoms. The van der Waals surface area contributed by atoms with Crippen molar-refractivity contribution in [3.63, 3.8) is 0 Å². The molecule has 2 heterocycles. The molecule has 0 aromatic heterocycles. The number of nitrogens with one attached hydrogen (secondary N) is 1. The van der Waals surface area contributed by atoms with Gasteiger partial charge in [0.15, 0.2) is 11.5 Å². The van der Waals surface area contributed by atoms with Gasteiger partial charge in [0.2, 0.25) is 15.9 Å². The van der Waals surface area contributed by atoms with Gasteiger partial charge in [0, 0.05) is 38.6 Å². The van der Waals surface area contributed by atoms with Gasteiger partial charge in [-0.1, -0.05) is 6.07 Å². The summed E-state index contributed by atoms with van der Waals surface area (Å²) in [7, 11) is 0.00794. The summed E-state index contributed by atoms with van der Waals surface area (Å²) in [6.45, 7) is 4.10. The zero-order valence-corrected chi connectivity index (χ0v) is 19.3. The molecular formula is C21H33N3O6S. The molecule has 0 aliphatic carbocycles. The van der Waals surface area contributed by atoms with E-state index in [2.05, 4.69) is 10.2 Å². The topological polar surface area (TPSA) is 97.4 Å². The molecule has 1 unspecified atom stereocenters. The van der Waals surface area contributed by atoms with E-state index in [-0.39, 0.29) is 17.9 Å². The van der Waals surface area contributed by atoms with Gasteiger partial charge in [-0.2, -0.15) is 0 Å². The van der Waals surface area contributed by atoms with Crippen LogP contribution in [0.4, 0.5) is 0 Å². The normalized spacial score (nSPS) is 20.2. The maximum atomic E-state index is 12.8. The lowest BCUT2D eigenvalue weighted by Crippen LogP contribution is -2.46. The molecule has 1 atom stereocenters.